The number of imide groups is 1. The number of rotatable bonds is 8. The fourth-order valence-corrected chi connectivity index (χ4v) is 9.37. The van der Waals surface area contributed by atoms with Gasteiger partial charge in [0.25, 0.3) is 0 Å². The van der Waals surface area contributed by atoms with Crippen molar-refractivity contribution in [1.29, 1.82) is 0 Å². The molecule has 4 aliphatic rings. The summed E-state index contributed by atoms with van der Waals surface area (Å²) in [6.45, 7) is 0. The average Bonchev–Trinajstić information content (AvgIpc) is 3.47. The number of phenolic OH excluding ortho intramolecular Hbond substituents is 1. The molecule has 276 valence electrons. The van der Waals surface area contributed by atoms with E-state index in [-0.39, 0.29) is 52.9 Å². The maximum absolute atomic E-state index is 15.2. The van der Waals surface area contributed by atoms with Gasteiger partial charge in [-0.3, -0.25) is 24.1 Å². The van der Waals surface area contributed by atoms with Crippen LogP contribution in [0.1, 0.15) is 39.9 Å². The van der Waals surface area contributed by atoms with Crippen molar-refractivity contribution in [2.75, 3.05) is 19.1 Å². The van der Waals surface area contributed by atoms with Crippen LogP contribution in [0.3, 0.4) is 0 Å². The number of aromatic hydroxyl groups is 1. The molecule has 0 spiro atoms. The van der Waals surface area contributed by atoms with E-state index < -0.39 is 52.8 Å². The zero-order valence-corrected chi connectivity index (χ0v) is 30.0. The molecule has 2 amide bonds. The molecule has 0 aromatic heterocycles. The predicted molar refractivity (Wildman–Crippen MR) is 203 cm³/mol. The number of aromatic carboxylic acids is 1. The lowest BCUT2D eigenvalue weighted by Crippen LogP contribution is -2.59. The summed E-state index contributed by atoms with van der Waals surface area (Å²) in [5.74, 6) is -6.25. The van der Waals surface area contributed by atoms with Crippen molar-refractivity contribution in [3.05, 3.63) is 143 Å². The first-order valence-electron chi connectivity index (χ1n) is 18.1. The van der Waals surface area contributed by atoms with Crippen LogP contribution in [0.4, 0.5) is 5.69 Å². The smallest absolute Gasteiger partial charge is 0.335 e. The lowest BCUT2D eigenvalue weighted by molar-refractivity contribution is -0.135. The van der Waals surface area contributed by atoms with Crippen LogP contribution in [-0.2, 0) is 24.6 Å². The number of fused-ring (bicyclic) bond motifs is 4. The Bertz CT molecular complexity index is 2340. The molecule has 0 radical (unpaired) electrons. The number of anilines is 1. The van der Waals surface area contributed by atoms with E-state index >= 15 is 9.59 Å². The van der Waals surface area contributed by atoms with Crippen LogP contribution in [0.5, 0.6) is 17.2 Å². The van der Waals surface area contributed by atoms with Crippen LogP contribution in [0.25, 0.3) is 11.6 Å². The Morgan fingerprint density at radius 3 is 2.16 bits per heavy atom. The molecule has 10 heteroatoms. The molecule has 4 aromatic rings. The van der Waals surface area contributed by atoms with Crippen molar-refractivity contribution in [2.45, 2.75) is 18.3 Å². The molecule has 1 aliphatic heterocycles. The molecule has 1 heterocycles. The van der Waals surface area contributed by atoms with Crippen LogP contribution in [0.15, 0.2) is 121 Å². The van der Waals surface area contributed by atoms with Gasteiger partial charge in [-0.05, 0) is 71.9 Å². The number of hydrogen-bond acceptors (Lipinski definition) is 8. The summed E-state index contributed by atoms with van der Waals surface area (Å²) >= 11 is 0. The lowest BCUT2D eigenvalue weighted by Gasteiger charge is -2.54. The third-order valence-corrected chi connectivity index (χ3v) is 11.8. The van der Waals surface area contributed by atoms with Crippen molar-refractivity contribution in [3.63, 3.8) is 0 Å². The lowest BCUT2D eigenvalue weighted by atomic mass is 9.45. The number of carboxylic acid groups (broad SMARTS) is 1. The fourth-order valence-electron chi connectivity index (χ4n) is 9.37. The topological polar surface area (TPSA) is 148 Å². The Morgan fingerprint density at radius 1 is 0.836 bits per heavy atom. The predicted octanol–water partition coefficient (Wildman–Crippen LogP) is 6.68. The second-order valence-corrected chi connectivity index (χ2v) is 14.3. The number of ketones is 2. The molecule has 55 heavy (non-hydrogen) atoms. The van der Waals surface area contributed by atoms with Gasteiger partial charge in [-0.25, -0.2) is 4.79 Å². The van der Waals surface area contributed by atoms with E-state index in [0.717, 1.165) is 10.5 Å². The van der Waals surface area contributed by atoms with Crippen molar-refractivity contribution >= 4 is 46.7 Å². The Morgan fingerprint density at radius 2 is 1.51 bits per heavy atom. The van der Waals surface area contributed by atoms with E-state index in [1.165, 1.54) is 38.5 Å². The van der Waals surface area contributed by atoms with Gasteiger partial charge in [0.05, 0.1) is 42.7 Å². The van der Waals surface area contributed by atoms with Gasteiger partial charge in [0.1, 0.15) is 0 Å². The van der Waals surface area contributed by atoms with Gasteiger partial charge < -0.3 is 19.7 Å². The van der Waals surface area contributed by atoms with Crippen LogP contribution < -0.4 is 14.4 Å². The third kappa shape index (κ3) is 5.50. The molecule has 1 saturated heterocycles. The number of methoxy groups -OCH3 is 2. The summed E-state index contributed by atoms with van der Waals surface area (Å²) in [5.41, 5.74) is 1.62. The second-order valence-electron chi connectivity index (χ2n) is 14.3. The standard InChI is InChI=1S/C45H37NO9/c1-54-36-20-25(21-37(55-2)41(36)49)16-19-34-30-17-18-31-39(43(51)46(42(31)50)29-15-9-12-27(22-29)44(52)53)33(30)23-35-40(48)32(26-10-5-3-6-11-26)24-38(47)45(34,35)28-13-7-4-8-14-28/h3-17,19-22,24,31,33-35,39,49H,18,23H2,1-2H3,(H,52,53)/t31-,33+,34-,35-,39-,45-/m0/s1. The minimum absolute atomic E-state index is 0.0590. The maximum Gasteiger partial charge on any atom is 0.335 e. The molecule has 1 saturated carbocycles. The number of carboxylic acids is 1. The number of nitrogens with zero attached hydrogens (tertiary/aromatic N) is 1. The number of phenols is 1. The first kappa shape index (κ1) is 35.5. The van der Waals surface area contributed by atoms with Crippen LogP contribution in [0.2, 0.25) is 0 Å². The Kier molecular flexibility index (Phi) is 8.84. The molecule has 4 aromatic carbocycles. The van der Waals surface area contributed by atoms with Gasteiger partial charge in [0, 0.05) is 17.4 Å². The zero-order chi connectivity index (χ0) is 38.6. The van der Waals surface area contributed by atoms with Crippen molar-refractivity contribution in [2.24, 2.45) is 29.6 Å². The van der Waals surface area contributed by atoms with Gasteiger partial charge in [0.2, 0.25) is 17.6 Å². The number of carbonyl (C=O) groups is 5. The molecule has 10 nitrogen and oxygen atoms in total. The molecule has 0 bridgehead atoms. The minimum atomic E-state index is -1.41. The van der Waals surface area contributed by atoms with E-state index in [2.05, 4.69) is 0 Å². The van der Waals surface area contributed by atoms with Crippen LogP contribution in [-0.4, -0.2) is 53.8 Å². The van der Waals surface area contributed by atoms with Gasteiger partial charge in [-0.2, -0.15) is 0 Å². The molecule has 2 fully saturated rings. The fraction of sp³-hybridized carbons (Fsp3) is 0.222. The van der Waals surface area contributed by atoms with Crippen molar-refractivity contribution in [3.8, 4) is 17.2 Å². The highest BCUT2D eigenvalue weighted by Gasteiger charge is 2.65. The highest BCUT2D eigenvalue weighted by molar-refractivity contribution is 6.31. The van der Waals surface area contributed by atoms with Gasteiger partial charge in [0.15, 0.2) is 23.1 Å². The second kappa shape index (κ2) is 13.7. The quantitative estimate of drug-likeness (QED) is 0.149. The highest BCUT2D eigenvalue weighted by Crippen LogP contribution is 2.61. The number of amides is 2. The van der Waals surface area contributed by atoms with Gasteiger partial charge in [-0.1, -0.05) is 90.5 Å². The van der Waals surface area contributed by atoms with E-state index in [1.54, 1.807) is 36.4 Å². The molecule has 0 unspecified atom stereocenters. The van der Waals surface area contributed by atoms with Gasteiger partial charge >= 0.3 is 5.97 Å². The van der Waals surface area contributed by atoms with Crippen LogP contribution in [0, 0.1) is 29.6 Å². The van der Waals surface area contributed by atoms with Crippen molar-refractivity contribution in [1.82, 2.24) is 0 Å². The Balaban J connectivity index is 1.32. The van der Waals surface area contributed by atoms with Gasteiger partial charge in [-0.15, -0.1) is 0 Å². The summed E-state index contributed by atoms with van der Waals surface area (Å²) in [6.07, 6.45) is 7.43. The Hall–Kier alpha value is -6.55. The molecule has 8 rings (SSSR count). The number of allylic oxidation sites excluding steroid dienone is 5. The summed E-state index contributed by atoms with van der Waals surface area (Å²) in [5, 5.41) is 20.3. The number of hydrogen-bond donors (Lipinski definition) is 2. The minimum Gasteiger partial charge on any atom is -0.502 e. The molecule has 2 N–H and O–H groups in total. The summed E-state index contributed by atoms with van der Waals surface area (Å²) in [4.78, 5) is 71.8. The monoisotopic (exact) mass is 735 g/mol. The van der Waals surface area contributed by atoms with E-state index in [4.69, 9.17) is 9.47 Å². The number of carbonyl (C=O) groups excluding carboxylic acids is 4. The molecule has 3 aliphatic carbocycles. The number of ether oxygens (including phenoxy) is 2. The van der Waals surface area contributed by atoms with E-state index in [0.29, 0.717) is 22.3 Å². The SMILES string of the molecule is COc1cc(C=C[C@H]2C3=CC[C@@H]4C(=O)N(c5cccc(C(=O)O)c5)C(=O)[C@@H]4[C@@H]3C[C@H]3C(=O)C(c4ccccc4)=CC(=O)[C@@]23c2ccccc2)cc(OC)c1O. The first-order valence-corrected chi connectivity index (χ1v) is 18.1. The third-order valence-electron chi connectivity index (χ3n) is 11.8. The number of benzene rings is 4. The van der Waals surface area contributed by atoms with E-state index in [1.807, 2.05) is 60.7 Å². The number of Topliss-reactive ketones (excluding diaryl/α,β-unsaturated/α-hetero) is 1. The summed E-state index contributed by atoms with van der Waals surface area (Å²) < 4.78 is 10.8. The molecule has 6 atom stereocenters. The first-order chi connectivity index (χ1) is 26.6. The Labute approximate surface area is 317 Å². The maximum atomic E-state index is 15.2. The van der Waals surface area contributed by atoms with Crippen LogP contribution >= 0.6 is 0 Å². The molecular weight excluding hydrogens is 698 g/mol. The van der Waals surface area contributed by atoms with Crippen molar-refractivity contribution < 1.29 is 43.7 Å². The molecular formula is C45H37NO9. The normalized spacial score (nSPS) is 25.9. The van der Waals surface area contributed by atoms with E-state index in [9.17, 15) is 24.6 Å². The largest absolute Gasteiger partial charge is 0.502 e. The summed E-state index contributed by atoms with van der Waals surface area (Å²) in [7, 11) is 2.85. The zero-order valence-electron chi connectivity index (χ0n) is 30.0. The average molecular weight is 736 g/mol. The highest BCUT2D eigenvalue weighted by atomic mass is 16.5. The summed E-state index contributed by atoms with van der Waals surface area (Å²) in [6, 6.07) is 27.3.